The van der Waals surface area contributed by atoms with Crippen molar-refractivity contribution in [2.75, 3.05) is 0 Å². The molecule has 0 aliphatic heterocycles. The van der Waals surface area contributed by atoms with E-state index < -0.39 is 0 Å². The van der Waals surface area contributed by atoms with E-state index in [-0.39, 0.29) is 0 Å². The van der Waals surface area contributed by atoms with E-state index >= 15 is 0 Å². The number of para-hydroxylation sites is 3. The average molecular weight is 718 g/mol. The molecule has 5 heteroatoms. The van der Waals surface area contributed by atoms with Gasteiger partial charge in [0.25, 0.3) is 0 Å². The van der Waals surface area contributed by atoms with Crippen LogP contribution in [0, 0.1) is 0 Å². The minimum Gasteiger partial charge on any atom is -0.456 e. The second kappa shape index (κ2) is 13.0. The summed E-state index contributed by atoms with van der Waals surface area (Å²) in [6.45, 7) is 0. The van der Waals surface area contributed by atoms with Crippen molar-refractivity contribution >= 4 is 43.9 Å². The topological polar surface area (TPSA) is 65.0 Å². The number of aromatic nitrogens is 3. The molecular formula is C51H31N3O2. The van der Waals surface area contributed by atoms with Crippen LogP contribution in [0.15, 0.2) is 197 Å². The Morgan fingerprint density at radius 1 is 0.286 bits per heavy atom. The van der Waals surface area contributed by atoms with Crippen molar-refractivity contribution in [1.29, 1.82) is 0 Å². The van der Waals surface area contributed by atoms with Gasteiger partial charge in [0.1, 0.15) is 22.3 Å². The van der Waals surface area contributed by atoms with E-state index in [2.05, 4.69) is 103 Å². The van der Waals surface area contributed by atoms with Crippen LogP contribution >= 0.6 is 0 Å². The van der Waals surface area contributed by atoms with Crippen LogP contribution in [0.2, 0.25) is 0 Å². The molecule has 0 atom stereocenters. The van der Waals surface area contributed by atoms with Gasteiger partial charge in [0.15, 0.2) is 17.5 Å². The second-order valence-electron chi connectivity index (χ2n) is 13.9. The van der Waals surface area contributed by atoms with Gasteiger partial charge in [-0.15, -0.1) is 0 Å². The van der Waals surface area contributed by atoms with Gasteiger partial charge in [0.2, 0.25) is 0 Å². The smallest absolute Gasteiger partial charge is 0.167 e. The monoisotopic (exact) mass is 717 g/mol. The van der Waals surface area contributed by atoms with E-state index in [1.54, 1.807) is 0 Å². The number of nitrogens with zero attached hydrogens (tertiary/aromatic N) is 3. The molecule has 0 radical (unpaired) electrons. The Kier molecular flexibility index (Phi) is 7.42. The first-order chi connectivity index (χ1) is 27.7. The first-order valence-electron chi connectivity index (χ1n) is 18.7. The lowest BCUT2D eigenvalue weighted by atomic mass is 9.86. The fourth-order valence-electron chi connectivity index (χ4n) is 7.91. The fourth-order valence-corrected chi connectivity index (χ4v) is 7.91. The predicted molar refractivity (Wildman–Crippen MR) is 227 cm³/mol. The maximum atomic E-state index is 6.53. The van der Waals surface area contributed by atoms with E-state index in [4.69, 9.17) is 23.8 Å². The molecule has 5 nitrogen and oxygen atoms in total. The first-order valence-corrected chi connectivity index (χ1v) is 18.7. The van der Waals surface area contributed by atoms with Crippen molar-refractivity contribution in [3.63, 3.8) is 0 Å². The van der Waals surface area contributed by atoms with E-state index in [1.807, 2.05) is 84.9 Å². The highest BCUT2D eigenvalue weighted by atomic mass is 16.3. The summed E-state index contributed by atoms with van der Waals surface area (Å²) in [6, 6.07) is 64.6. The molecule has 3 aromatic heterocycles. The van der Waals surface area contributed by atoms with Gasteiger partial charge in [0.05, 0.1) is 5.56 Å². The molecule has 0 unspecified atom stereocenters. The van der Waals surface area contributed by atoms with Crippen LogP contribution in [0.3, 0.4) is 0 Å². The highest BCUT2D eigenvalue weighted by molar-refractivity contribution is 6.10. The third-order valence-electron chi connectivity index (χ3n) is 10.5. The Balaban J connectivity index is 1.24. The number of hydrogen-bond acceptors (Lipinski definition) is 5. The van der Waals surface area contributed by atoms with Gasteiger partial charge in [0, 0.05) is 38.2 Å². The Morgan fingerprint density at radius 2 is 0.821 bits per heavy atom. The zero-order valence-corrected chi connectivity index (χ0v) is 30.1. The number of hydrogen-bond donors (Lipinski definition) is 0. The third-order valence-corrected chi connectivity index (χ3v) is 10.5. The van der Waals surface area contributed by atoms with Crippen LogP contribution < -0.4 is 0 Å². The van der Waals surface area contributed by atoms with Crippen molar-refractivity contribution < 1.29 is 8.83 Å². The van der Waals surface area contributed by atoms with Gasteiger partial charge in [-0.05, 0) is 70.3 Å². The van der Waals surface area contributed by atoms with Gasteiger partial charge >= 0.3 is 0 Å². The van der Waals surface area contributed by atoms with Crippen LogP contribution in [0.5, 0.6) is 0 Å². The van der Waals surface area contributed by atoms with Gasteiger partial charge in [-0.25, -0.2) is 15.0 Å². The molecule has 11 aromatic rings. The molecule has 0 fully saturated rings. The Hall–Kier alpha value is -7.63. The van der Waals surface area contributed by atoms with Crippen LogP contribution in [-0.4, -0.2) is 15.0 Å². The fraction of sp³-hybridized carbons (Fsp3) is 0. The van der Waals surface area contributed by atoms with Crippen molar-refractivity contribution in [2.45, 2.75) is 0 Å². The molecule has 3 heterocycles. The van der Waals surface area contributed by atoms with E-state index in [0.29, 0.717) is 17.5 Å². The normalized spacial score (nSPS) is 11.6. The molecule has 0 saturated carbocycles. The molecule has 262 valence electrons. The van der Waals surface area contributed by atoms with Crippen LogP contribution in [0.4, 0.5) is 0 Å². The van der Waals surface area contributed by atoms with Gasteiger partial charge < -0.3 is 8.83 Å². The summed E-state index contributed by atoms with van der Waals surface area (Å²) < 4.78 is 12.8. The van der Waals surface area contributed by atoms with Crippen molar-refractivity contribution in [1.82, 2.24) is 15.0 Å². The molecule has 8 aromatic carbocycles. The molecule has 0 spiro atoms. The lowest BCUT2D eigenvalue weighted by Gasteiger charge is -2.19. The number of furan rings is 2. The van der Waals surface area contributed by atoms with Crippen LogP contribution in [0.1, 0.15) is 0 Å². The molecule has 0 bridgehead atoms. The largest absolute Gasteiger partial charge is 0.456 e. The molecule has 0 N–H and O–H groups in total. The summed E-state index contributed by atoms with van der Waals surface area (Å²) >= 11 is 0. The maximum absolute atomic E-state index is 6.53. The predicted octanol–water partition coefficient (Wildman–Crippen LogP) is 13.7. The van der Waals surface area contributed by atoms with Crippen molar-refractivity contribution in [3.05, 3.63) is 188 Å². The molecule has 11 rings (SSSR count). The van der Waals surface area contributed by atoms with E-state index in [0.717, 1.165) is 93.9 Å². The minimum atomic E-state index is 0.537. The second-order valence-corrected chi connectivity index (χ2v) is 13.9. The molecular weight excluding hydrogens is 687 g/mol. The van der Waals surface area contributed by atoms with E-state index in [9.17, 15) is 0 Å². The lowest BCUT2D eigenvalue weighted by Crippen LogP contribution is -2.02. The average Bonchev–Trinajstić information content (AvgIpc) is 3.85. The summed E-state index contributed by atoms with van der Waals surface area (Å²) in [5, 5.41) is 4.22. The summed E-state index contributed by atoms with van der Waals surface area (Å²) in [7, 11) is 0. The van der Waals surface area contributed by atoms with Crippen LogP contribution in [0.25, 0.3) is 111 Å². The standard InChI is InChI=1S/C51H31N3O2/c1-4-15-32(16-5-1)36-30-41(35-27-28-46-42(29-35)38-22-11-12-25-44(38)55-46)47(33-17-6-2-7-18-33)43(31-36)51-53-49(34-19-8-3-9-20-34)52-50(54-51)40-24-14-23-39-37-21-10-13-26-45(37)56-48(39)40/h1-31H. The van der Waals surface area contributed by atoms with Gasteiger partial charge in [-0.3, -0.25) is 0 Å². The van der Waals surface area contributed by atoms with Gasteiger partial charge in [-0.1, -0.05) is 146 Å². The molecule has 0 aliphatic carbocycles. The SMILES string of the molecule is c1ccc(-c2cc(-c3ccc4oc5ccccc5c4c3)c(-c3ccccc3)c(-c3nc(-c4ccccc4)nc(-c4cccc5c4oc4ccccc45)n3)c2)cc1. The highest BCUT2D eigenvalue weighted by Crippen LogP contribution is 2.45. The number of benzene rings is 8. The molecule has 0 amide bonds. The van der Waals surface area contributed by atoms with Crippen LogP contribution in [-0.2, 0) is 0 Å². The number of rotatable bonds is 6. The molecule has 0 aliphatic rings. The zero-order valence-electron chi connectivity index (χ0n) is 30.1. The highest BCUT2D eigenvalue weighted by Gasteiger charge is 2.23. The van der Waals surface area contributed by atoms with Crippen molar-refractivity contribution in [3.8, 4) is 67.5 Å². The summed E-state index contributed by atoms with van der Waals surface area (Å²) in [5.41, 5.74) is 12.2. The Labute approximate surface area is 322 Å². The van der Waals surface area contributed by atoms with Crippen molar-refractivity contribution in [2.24, 2.45) is 0 Å². The third kappa shape index (κ3) is 5.37. The summed E-state index contributed by atoms with van der Waals surface area (Å²) in [4.78, 5) is 15.8. The van der Waals surface area contributed by atoms with Gasteiger partial charge in [-0.2, -0.15) is 0 Å². The lowest BCUT2D eigenvalue weighted by molar-refractivity contribution is 0.669. The Bertz CT molecular complexity index is 3240. The minimum absolute atomic E-state index is 0.537. The Morgan fingerprint density at radius 3 is 1.55 bits per heavy atom. The summed E-state index contributed by atoms with van der Waals surface area (Å²) in [6.07, 6.45) is 0. The summed E-state index contributed by atoms with van der Waals surface area (Å²) in [5.74, 6) is 1.68. The molecule has 0 saturated heterocycles. The zero-order chi connectivity index (χ0) is 37.0. The quantitative estimate of drug-likeness (QED) is 0.171. The number of fused-ring (bicyclic) bond motifs is 6. The maximum Gasteiger partial charge on any atom is 0.167 e. The molecule has 56 heavy (non-hydrogen) atoms. The first kappa shape index (κ1) is 31.9. The van der Waals surface area contributed by atoms with E-state index in [1.165, 1.54) is 0 Å².